The minimum Gasteiger partial charge on any atom is -0.376 e. The number of aryl methyl sites for hydroxylation is 1. The molecule has 1 aliphatic rings. The van der Waals surface area contributed by atoms with Crippen LogP contribution in [-0.4, -0.2) is 39.4 Å². The molecule has 0 bridgehead atoms. The number of aromatic nitrogens is 3. The maximum absolute atomic E-state index is 11.7. The topological polar surface area (TPSA) is 69.0 Å². The fourth-order valence-electron chi connectivity index (χ4n) is 1.98. The molecule has 6 heteroatoms. The molecule has 2 heterocycles. The van der Waals surface area contributed by atoms with Gasteiger partial charge in [-0.25, -0.2) is 4.98 Å². The molecule has 17 heavy (non-hydrogen) atoms. The molecule has 0 unspecified atom stereocenters. The van der Waals surface area contributed by atoms with Crippen LogP contribution in [0.1, 0.15) is 26.2 Å². The van der Waals surface area contributed by atoms with Gasteiger partial charge in [0.2, 0.25) is 5.91 Å². The van der Waals surface area contributed by atoms with Gasteiger partial charge in [0, 0.05) is 13.0 Å². The SMILES string of the molecule is C[C@H](NC(=O)CCn1cncn1)[C@@H]1CCCO1. The largest absolute Gasteiger partial charge is 0.376 e. The number of ether oxygens (including phenoxy) is 1. The lowest BCUT2D eigenvalue weighted by molar-refractivity contribution is -0.122. The van der Waals surface area contributed by atoms with Gasteiger partial charge in [-0.3, -0.25) is 9.48 Å². The van der Waals surface area contributed by atoms with Gasteiger partial charge >= 0.3 is 0 Å². The number of hydrogen-bond donors (Lipinski definition) is 1. The molecule has 0 spiro atoms. The lowest BCUT2D eigenvalue weighted by atomic mass is 10.1. The van der Waals surface area contributed by atoms with Crippen molar-refractivity contribution in [1.82, 2.24) is 20.1 Å². The quantitative estimate of drug-likeness (QED) is 0.803. The molecule has 1 fully saturated rings. The van der Waals surface area contributed by atoms with Crippen molar-refractivity contribution in [3.05, 3.63) is 12.7 Å². The predicted molar refractivity (Wildman–Crippen MR) is 61.2 cm³/mol. The Kier molecular flexibility index (Phi) is 4.08. The van der Waals surface area contributed by atoms with Gasteiger partial charge in [0.05, 0.1) is 18.7 Å². The molecule has 94 valence electrons. The van der Waals surface area contributed by atoms with Crippen LogP contribution in [0.25, 0.3) is 0 Å². The Morgan fingerprint density at radius 3 is 3.24 bits per heavy atom. The van der Waals surface area contributed by atoms with Crippen molar-refractivity contribution in [3.8, 4) is 0 Å². The van der Waals surface area contributed by atoms with E-state index in [4.69, 9.17) is 4.74 Å². The molecule has 1 aromatic heterocycles. The molecule has 0 aliphatic carbocycles. The van der Waals surface area contributed by atoms with Crippen LogP contribution < -0.4 is 5.32 Å². The second-order valence-corrected chi connectivity index (χ2v) is 4.32. The van der Waals surface area contributed by atoms with Gasteiger partial charge < -0.3 is 10.1 Å². The van der Waals surface area contributed by atoms with Crippen molar-refractivity contribution >= 4 is 5.91 Å². The van der Waals surface area contributed by atoms with Gasteiger partial charge in [-0.15, -0.1) is 0 Å². The lowest BCUT2D eigenvalue weighted by Gasteiger charge is -2.19. The Balaban J connectivity index is 1.69. The number of carbonyl (C=O) groups excluding carboxylic acids is 1. The van der Waals surface area contributed by atoms with E-state index in [0.29, 0.717) is 13.0 Å². The Labute approximate surface area is 100 Å². The molecule has 0 aromatic carbocycles. The smallest absolute Gasteiger partial charge is 0.222 e. The van der Waals surface area contributed by atoms with Crippen molar-refractivity contribution in [2.45, 2.75) is 44.9 Å². The zero-order valence-electron chi connectivity index (χ0n) is 10.0. The van der Waals surface area contributed by atoms with E-state index in [1.165, 1.54) is 6.33 Å². The third-order valence-corrected chi connectivity index (χ3v) is 2.95. The highest BCUT2D eigenvalue weighted by Gasteiger charge is 2.23. The summed E-state index contributed by atoms with van der Waals surface area (Å²) in [6.45, 7) is 3.36. The summed E-state index contributed by atoms with van der Waals surface area (Å²) in [5, 5.41) is 6.90. The first-order chi connectivity index (χ1) is 8.25. The number of hydrogen-bond acceptors (Lipinski definition) is 4. The van der Waals surface area contributed by atoms with Crippen molar-refractivity contribution in [2.75, 3.05) is 6.61 Å². The highest BCUT2D eigenvalue weighted by atomic mass is 16.5. The number of amides is 1. The Bertz CT molecular complexity index is 346. The fraction of sp³-hybridized carbons (Fsp3) is 0.727. The Morgan fingerprint density at radius 1 is 1.71 bits per heavy atom. The van der Waals surface area contributed by atoms with Gasteiger partial charge in [0.25, 0.3) is 0 Å². The van der Waals surface area contributed by atoms with Crippen LogP contribution in [0.4, 0.5) is 0 Å². The zero-order chi connectivity index (χ0) is 12.1. The monoisotopic (exact) mass is 238 g/mol. The van der Waals surface area contributed by atoms with Crippen LogP contribution in [0.2, 0.25) is 0 Å². The lowest BCUT2D eigenvalue weighted by Crippen LogP contribution is -2.41. The highest BCUT2D eigenvalue weighted by molar-refractivity contribution is 5.76. The number of rotatable bonds is 5. The number of nitrogens with one attached hydrogen (secondary N) is 1. The third kappa shape index (κ3) is 3.52. The highest BCUT2D eigenvalue weighted by Crippen LogP contribution is 2.15. The molecule has 0 saturated carbocycles. The van der Waals surface area contributed by atoms with E-state index in [9.17, 15) is 4.79 Å². The molecular weight excluding hydrogens is 220 g/mol. The summed E-state index contributed by atoms with van der Waals surface area (Å²) < 4.78 is 7.17. The van der Waals surface area contributed by atoms with E-state index in [0.717, 1.165) is 19.4 Å². The minimum absolute atomic E-state index is 0.0310. The van der Waals surface area contributed by atoms with E-state index < -0.39 is 0 Å². The van der Waals surface area contributed by atoms with Gasteiger partial charge in [0.15, 0.2) is 0 Å². The molecule has 1 saturated heterocycles. The number of nitrogens with zero attached hydrogens (tertiary/aromatic N) is 3. The predicted octanol–water partition coefficient (Wildman–Crippen LogP) is 0.352. The summed E-state index contributed by atoms with van der Waals surface area (Å²) in [5.74, 6) is 0.0310. The molecule has 1 aromatic rings. The summed E-state index contributed by atoms with van der Waals surface area (Å²) >= 11 is 0. The van der Waals surface area contributed by atoms with Crippen molar-refractivity contribution in [1.29, 1.82) is 0 Å². The van der Waals surface area contributed by atoms with E-state index in [-0.39, 0.29) is 18.1 Å². The molecule has 2 atom stereocenters. The summed E-state index contributed by atoms with van der Waals surface area (Å²) in [7, 11) is 0. The molecule has 6 nitrogen and oxygen atoms in total. The maximum Gasteiger partial charge on any atom is 0.222 e. The van der Waals surface area contributed by atoms with Crippen molar-refractivity contribution in [2.24, 2.45) is 0 Å². The Morgan fingerprint density at radius 2 is 2.59 bits per heavy atom. The van der Waals surface area contributed by atoms with Gasteiger partial charge in [0.1, 0.15) is 12.7 Å². The molecular formula is C11H18N4O2. The van der Waals surface area contributed by atoms with E-state index in [1.54, 1.807) is 11.0 Å². The molecule has 2 rings (SSSR count). The maximum atomic E-state index is 11.7. The Hall–Kier alpha value is -1.43. The van der Waals surface area contributed by atoms with E-state index >= 15 is 0 Å². The van der Waals surface area contributed by atoms with Crippen molar-refractivity contribution < 1.29 is 9.53 Å². The first kappa shape index (κ1) is 12.0. The summed E-state index contributed by atoms with van der Waals surface area (Å²) in [6, 6.07) is 0.0840. The second-order valence-electron chi connectivity index (χ2n) is 4.32. The van der Waals surface area contributed by atoms with E-state index in [2.05, 4.69) is 15.4 Å². The first-order valence-corrected chi connectivity index (χ1v) is 5.99. The molecule has 0 radical (unpaired) electrons. The zero-order valence-corrected chi connectivity index (χ0v) is 10.0. The average Bonchev–Trinajstić information content (AvgIpc) is 2.99. The standard InChI is InChI=1S/C11H18N4O2/c1-9(10-3-2-6-17-10)14-11(16)4-5-15-8-12-7-13-15/h7-10H,2-6H2,1H3,(H,14,16)/t9-,10-/m0/s1. The van der Waals surface area contributed by atoms with Crippen LogP contribution in [0.15, 0.2) is 12.7 Å². The molecule has 1 aliphatic heterocycles. The third-order valence-electron chi connectivity index (χ3n) is 2.95. The van der Waals surface area contributed by atoms with Crippen molar-refractivity contribution in [3.63, 3.8) is 0 Å². The van der Waals surface area contributed by atoms with Gasteiger partial charge in [-0.1, -0.05) is 0 Å². The summed E-state index contributed by atoms with van der Waals surface area (Å²) in [4.78, 5) is 15.5. The van der Waals surface area contributed by atoms with Gasteiger partial charge in [-0.05, 0) is 19.8 Å². The van der Waals surface area contributed by atoms with Crippen LogP contribution in [0.3, 0.4) is 0 Å². The average molecular weight is 238 g/mol. The van der Waals surface area contributed by atoms with Crippen LogP contribution in [0.5, 0.6) is 0 Å². The van der Waals surface area contributed by atoms with E-state index in [1.807, 2.05) is 6.92 Å². The normalized spacial score (nSPS) is 21.4. The minimum atomic E-state index is 0.0310. The van der Waals surface area contributed by atoms with Gasteiger partial charge in [-0.2, -0.15) is 5.10 Å². The number of carbonyl (C=O) groups is 1. The summed E-state index contributed by atoms with van der Waals surface area (Å²) in [5.41, 5.74) is 0. The molecule has 1 N–H and O–H groups in total. The van der Waals surface area contributed by atoms with Crippen LogP contribution in [0, 0.1) is 0 Å². The second kappa shape index (κ2) is 5.77. The van der Waals surface area contributed by atoms with Crippen LogP contribution in [-0.2, 0) is 16.1 Å². The fourth-order valence-corrected chi connectivity index (χ4v) is 1.98. The van der Waals surface area contributed by atoms with Crippen LogP contribution >= 0.6 is 0 Å². The summed E-state index contributed by atoms with van der Waals surface area (Å²) in [6.07, 6.45) is 5.78. The first-order valence-electron chi connectivity index (χ1n) is 5.99. The molecule has 1 amide bonds.